The average Bonchev–Trinajstić information content (AvgIpc) is 3.07. The van der Waals surface area contributed by atoms with E-state index in [1.165, 1.54) is 37.4 Å². The molecule has 1 saturated heterocycles. The van der Waals surface area contributed by atoms with Crippen LogP contribution in [0.2, 0.25) is 0 Å². The summed E-state index contributed by atoms with van der Waals surface area (Å²) in [6.45, 7) is 3.49. The number of methoxy groups -OCH3 is 1. The first-order chi connectivity index (χ1) is 16.1. The zero-order valence-corrected chi connectivity index (χ0v) is 18.6. The van der Waals surface area contributed by atoms with Gasteiger partial charge in [-0.05, 0) is 66.9 Å². The monoisotopic (exact) mass is 465 g/mol. The van der Waals surface area contributed by atoms with Crippen LogP contribution in [0.3, 0.4) is 0 Å². The molecule has 174 valence electrons. The second-order valence-electron chi connectivity index (χ2n) is 8.00. The predicted molar refractivity (Wildman–Crippen MR) is 122 cm³/mol. The topological polar surface area (TPSA) is 87.1 Å². The fourth-order valence-electron chi connectivity index (χ4n) is 4.12. The van der Waals surface area contributed by atoms with Crippen molar-refractivity contribution in [1.82, 2.24) is 0 Å². The number of carbonyl (C=O) groups is 2. The van der Waals surface area contributed by atoms with Gasteiger partial charge in [-0.25, -0.2) is 8.78 Å². The third-order valence-corrected chi connectivity index (χ3v) is 5.83. The number of phenolic OH excluding ortho intramolecular Hbond substituents is 1. The zero-order valence-electron chi connectivity index (χ0n) is 18.6. The molecule has 1 aliphatic heterocycles. The lowest BCUT2D eigenvalue weighted by Gasteiger charge is -2.25. The van der Waals surface area contributed by atoms with Crippen LogP contribution in [0.1, 0.15) is 28.3 Å². The first-order valence-corrected chi connectivity index (χ1v) is 10.3. The number of aryl methyl sites for hydroxylation is 2. The van der Waals surface area contributed by atoms with Gasteiger partial charge in [-0.1, -0.05) is 12.1 Å². The molecule has 1 aliphatic rings. The Kier molecular flexibility index (Phi) is 5.83. The number of ketones is 1. The number of hydrogen-bond donors (Lipinski definition) is 2. The van der Waals surface area contributed by atoms with Crippen molar-refractivity contribution in [2.45, 2.75) is 19.9 Å². The summed E-state index contributed by atoms with van der Waals surface area (Å²) in [7, 11) is 1.51. The standard InChI is InChI=1S/C26H21F2NO5/c1-13-11-21(34-3)14(2)10-18(13)24(31)22-23(15-4-7-17(30)8-5-15)29(26(33)25(22)32)16-6-9-19(27)20(28)12-16/h4-12,23,30-31H,1-3H3/b24-22+. The number of halogens is 2. The van der Waals surface area contributed by atoms with Gasteiger partial charge in [0.05, 0.1) is 18.7 Å². The van der Waals surface area contributed by atoms with Gasteiger partial charge in [0.25, 0.3) is 11.7 Å². The molecular weight excluding hydrogens is 444 g/mol. The highest BCUT2D eigenvalue weighted by Gasteiger charge is 2.47. The van der Waals surface area contributed by atoms with Crippen molar-refractivity contribution < 1.29 is 33.3 Å². The molecule has 0 aliphatic carbocycles. The molecule has 0 aromatic heterocycles. The van der Waals surface area contributed by atoms with Crippen molar-refractivity contribution in [3.05, 3.63) is 94.1 Å². The molecule has 3 aromatic rings. The molecule has 8 heteroatoms. The SMILES string of the molecule is COc1cc(C)c(/C(O)=C2\C(=O)C(=O)N(c3ccc(F)c(F)c3)C2c2ccc(O)cc2)cc1C. The van der Waals surface area contributed by atoms with Crippen LogP contribution in [0.4, 0.5) is 14.5 Å². The van der Waals surface area contributed by atoms with Gasteiger partial charge < -0.3 is 14.9 Å². The van der Waals surface area contributed by atoms with Gasteiger partial charge in [0.1, 0.15) is 17.3 Å². The summed E-state index contributed by atoms with van der Waals surface area (Å²) in [4.78, 5) is 27.3. The number of benzene rings is 3. The molecule has 3 aromatic carbocycles. The summed E-state index contributed by atoms with van der Waals surface area (Å²) in [5.41, 5.74) is 1.74. The Morgan fingerprint density at radius 2 is 1.62 bits per heavy atom. The van der Waals surface area contributed by atoms with E-state index in [1.54, 1.807) is 26.0 Å². The highest BCUT2D eigenvalue weighted by atomic mass is 19.2. The van der Waals surface area contributed by atoms with Gasteiger partial charge >= 0.3 is 0 Å². The molecule has 1 amide bonds. The highest BCUT2D eigenvalue weighted by Crippen LogP contribution is 2.43. The van der Waals surface area contributed by atoms with Crippen LogP contribution in [0, 0.1) is 25.5 Å². The van der Waals surface area contributed by atoms with E-state index in [1.807, 2.05) is 0 Å². The Hall–Kier alpha value is -4.20. The maximum Gasteiger partial charge on any atom is 0.300 e. The predicted octanol–water partition coefficient (Wildman–Crippen LogP) is 4.92. The molecule has 0 saturated carbocycles. The lowest BCUT2D eigenvalue weighted by atomic mass is 9.93. The lowest BCUT2D eigenvalue weighted by molar-refractivity contribution is -0.132. The van der Waals surface area contributed by atoms with Crippen LogP contribution in [0.5, 0.6) is 11.5 Å². The summed E-state index contributed by atoms with van der Waals surface area (Å²) in [5, 5.41) is 21.0. The number of rotatable bonds is 4. The van der Waals surface area contributed by atoms with Gasteiger partial charge in [-0.3, -0.25) is 14.5 Å². The molecule has 1 heterocycles. The van der Waals surface area contributed by atoms with Crippen molar-refractivity contribution >= 4 is 23.1 Å². The van der Waals surface area contributed by atoms with Crippen molar-refractivity contribution in [3.8, 4) is 11.5 Å². The number of Topliss-reactive ketones (excluding diaryl/α,β-unsaturated/α-hetero) is 1. The summed E-state index contributed by atoms with van der Waals surface area (Å²) in [5.74, 6) is -4.15. The molecule has 0 spiro atoms. The molecular formula is C26H21F2NO5. The van der Waals surface area contributed by atoms with Crippen LogP contribution < -0.4 is 9.64 Å². The number of amides is 1. The van der Waals surface area contributed by atoms with E-state index in [4.69, 9.17) is 4.74 Å². The molecule has 6 nitrogen and oxygen atoms in total. The van der Waals surface area contributed by atoms with Gasteiger partial charge in [-0.15, -0.1) is 0 Å². The number of aromatic hydroxyl groups is 1. The van der Waals surface area contributed by atoms with Crippen LogP contribution in [-0.2, 0) is 9.59 Å². The number of phenols is 1. The maximum atomic E-state index is 14.0. The first kappa shape index (κ1) is 23.0. The Balaban J connectivity index is 1.98. The summed E-state index contributed by atoms with van der Waals surface area (Å²) >= 11 is 0. The third kappa shape index (κ3) is 3.77. The number of ether oxygens (including phenoxy) is 1. The molecule has 1 atom stereocenters. The number of carbonyl (C=O) groups excluding carboxylic acids is 2. The van der Waals surface area contributed by atoms with Crippen molar-refractivity contribution in [2.75, 3.05) is 12.0 Å². The minimum absolute atomic E-state index is 0.0462. The largest absolute Gasteiger partial charge is 0.508 e. The second-order valence-corrected chi connectivity index (χ2v) is 8.00. The first-order valence-electron chi connectivity index (χ1n) is 10.3. The molecule has 1 fully saturated rings. The van der Waals surface area contributed by atoms with Gasteiger partial charge in [0.2, 0.25) is 0 Å². The zero-order chi connectivity index (χ0) is 24.7. The lowest BCUT2D eigenvalue weighted by Crippen LogP contribution is -2.29. The van der Waals surface area contributed by atoms with E-state index in [2.05, 4.69) is 0 Å². The Morgan fingerprint density at radius 3 is 2.24 bits per heavy atom. The average molecular weight is 465 g/mol. The maximum absolute atomic E-state index is 14.0. The number of nitrogens with zero attached hydrogens (tertiary/aromatic N) is 1. The van der Waals surface area contributed by atoms with Crippen molar-refractivity contribution in [3.63, 3.8) is 0 Å². The molecule has 0 radical (unpaired) electrons. The van der Waals surface area contributed by atoms with Gasteiger partial charge in [0.15, 0.2) is 11.6 Å². The molecule has 1 unspecified atom stereocenters. The van der Waals surface area contributed by atoms with Crippen LogP contribution in [-0.4, -0.2) is 29.0 Å². The Morgan fingerprint density at radius 1 is 0.941 bits per heavy atom. The van der Waals surface area contributed by atoms with E-state index in [-0.39, 0.29) is 17.0 Å². The van der Waals surface area contributed by atoms with E-state index in [0.717, 1.165) is 17.0 Å². The fourth-order valence-corrected chi connectivity index (χ4v) is 4.12. The number of hydrogen-bond acceptors (Lipinski definition) is 5. The molecule has 2 N–H and O–H groups in total. The molecule has 0 bridgehead atoms. The third-order valence-electron chi connectivity index (χ3n) is 5.83. The summed E-state index contributed by atoms with van der Waals surface area (Å²) in [6, 6.07) is 10.7. The van der Waals surface area contributed by atoms with Gasteiger partial charge in [-0.2, -0.15) is 0 Å². The number of anilines is 1. The smallest absolute Gasteiger partial charge is 0.300 e. The van der Waals surface area contributed by atoms with E-state index in [0.29, 0.717) is 28.0 Å². The molecule has 4 rings (SSSR count). The fraction of sp³-hybridized carbons (Fsp3) is 0.154. The normalized spacial score (nSPS) is 17.3. The van der Waals surface area contributed by atoms with E-state index >= 15 is 0 Å². The minimum Gasteiger partial charge on any atom is -0.508 e. The Bertz CT molecular complexity index is 1350. The van der Waals surface area contributed by atoms with Crippen molar-refractivity contribution in [2.24, 2.45) is 0 Å². The van der Waals surface area contributed by atoms with E-state index < -0.39 is 35.1 Å². The number of aliphatic hydroxyl groups excluding tert-OH is 1. The van der Waals surface area contributed by atoms with Crippen LogP contribution in [0.15, 0.2) is 60.2 Å². The van der Waals surface area contributed by atoms with Crippen LogP contribution in [0.25, 0.3) is 5.76 Å². The second kappa shape index (κ2) is 8.62. The quantitative estimate of drug-likeness (QED) is 0.324. The molecule has 34 heavy (non-hydrogen) atoms. The minimum atomic E-state index is -1.19. The Labute approximate surface area is 194 Å². The highest BCUT2D eigenvalue weighted by molar-refractivity contribution is 6.51. The van der Waals surface area contributed by atoms with E-state index in [9.17, 15) is 28.6 Å². The van der Waals surface area contributed by atoms with Gasteiger partial charge in [0, 0.05) is 17.3 Å². The summed E-state index contributed by atoms with van der Waals surface area (Å²) < 4.78 is 32.9. The summed E-state index contributed by atoms with van der Waals surface area (Å²) in [6.07, 6.45) is 0. The van der Waals surface area contributed by atoms with Crippen molar-refractivity contribution in [1.29, 1.82) is 0 Å². The van der Waals surface area contributed by atoms with Crippen LogP contribution >= 0.6 is 0 Å². The number of aliphatic hydroxyl groups is 1.